The van der Waals surface area contributed by atoms with Crippen molar-refractivity contribution in [3.8, 4) is 0 Å². The number of rotatable bonds is 3. The van der Waals surface area contributed by atoms with Gasteiger partial charge in [0.15, 0.2) is 0 Å². The van der Waals surface area contributed by atoms with Crippen LogP contribution < -0.4 is 16.6 Å². The highest BCUT2D eigenvalue weighted by atomic mass is 32.1. The molecule has 0 aliphatic carbocycles. The average Bonchev–Trinajstić information content (AvgIpc) is 2.82. The van der Waals surface area contributed by atoms with Gasteiger partial charge in [-0.15, -0.1) is 16.4 Å². The van der Waals surface area contributed by atoms with Gasteiger partial charge in [-0.1, -0.05) is 0 Å². The van der Waals surface area contributed by atoms with E-state index in [9.17, 15) is 9.59 Å². The van der Waals surface area contributed by atoms with E-state index in [1.165, 1.54) is 25.4 Å². The quantitative estimate of drug-likeness (QED) is 0.801. The minimum Gasteiger partial charge on any atom is -0.358 e. The molecular weight excluding hydrogens is 242 g/mol. The summed E-state index contributed by atoms with van der Waals surface area (Å²) >= 11 is 1.48. The normalized spacial score (nSPS) is 10.5. The van der Waals surface area contributed by atoms with Gasteiger partial charge in [0, 0.05) is 19.5 Å². The summed E-state index contributed by atoms with van der Waals surface area (Å²) in [5.74, 6) is 0.141. The maximum Gasteiger partial charge on any atom is 0.346 e. The van der Waals surface area contributed by atoms with Crippen LogP contribution in [0.1, 0.15) is 5.69 Å². The van der Waals surface area contributed by atoms with Gasteiger partial charge < -0.3 is 5.32 Å². The van der Waals surface area contributed by atoms with Crippen LogP contribution in [0, 0.1) is 0 Å². The lowest BCUT2D eigenvalue weighted by Gasteiger charge is -2.06. The Morgan fingerprint density at radius 3 is 2.82 bits per heavy atom. The Hall–Kier alpha value is -1.96. The number of nitrogens with one attached hydrogen (secondary N) is 1. The van der Waals surface area contributed by atoms with Crippen LogP contribution in [0.4, 0.5) is 5.82 Å². The second-order valence-corrected chi connectivity index (χ2v) is 4.17. The van der Waals surface area contributed by atoms with Gasteiger partial charge in [0.1, 0.15) is 0 Å². The maximum absolute atomic E-state index is 11.7. The zero-order valence-corrected chi connectivity index (χ0v) is 10.2. The van der Waals surface area contributed by atoms with E-state index in [0.717, 1.165) is 14.9 Å². The van der Waals surface area contributed by atoms with Crippen LogP contribution in [0.2, 0.25) is 0 Å². The fourth-order valence-electron chi connectivity index (χ4n) is 1.31. The molecule has 90 valence electrons. The molecule has 0 spiro atoms. The van der Waals surface area contributed by atoms with Crippen molar-refractivity contribution in [3.05, 3.63) is 37.4 Å². The van der Waals surface area contributed by atoms with Gasteiger partial charge in [0.25, 0.3) is 5.56 Å². The van der Waals surface area contributed by atoms with Gasteiger partial charge in [-0.2, -0.15) is 0 Å². The molecule has 0 aromatic carbocycles. The standard InChI is InChI=1S/C9H11N5O2S/c1-13-8(15)7(12-14(2)9(13)16)10-3-6-4-17-5-11-6/h4-5H,3H2,1-2H3,(H,10,12). The highest BCUT2D eigenvalue weighted by molar-refractivity contribution is 7.07. The molecule has 0 aliphatic heterocycles. The predicted molar refractivity (Wildman–Crippen MR) is 64.2 cm³/mol. The molecule has 2 heterocycles. The first-order chi connectivity index (χ1) is 8.09. The fourth-order valence-corrected chi connectivity index (χ4v) is 1.87. The summed E-state index contributed by atoms with van der Waals surface area (Å²) < 4.78 is 2.13. The molecule has 2 rings (SSSR count). The largest absolute Gasteiger partial charge is 0.358 e. The van der Waals surface area contributed by atoms with Crippen molar-refractivity contribution in [2.75, 3.05) is 5.32 Å². The lowest BCUT2D eigenvalue weighted by Crippen LogP contribution is -2.39. The molecule has 1 N–H and O–H groups in total. The van der Waals surface area contributed by atoms with Gasteiger partial charge in [-0.3, -0.25) is 9.36 Å². The second-order valence-electron chi connectivity index (χ2n) is 3.45. The van der Waals surface area contributed by atoms with Crippen molar-refractivity contribution < 1.29 is 0 Å². The topological polar surface area (TPSA) is 81.8 Å². The minimum absolute atomic E-state index is 0.141. The Morgan fingerprint density at radius 1 is 1.41 bits per heavy atom. The van der Waals surface area contributed by atoms with Gasteiger partial charge in [0.2, 0.25) is 5.82 Å². The third kappa shape index (κ3) is 2.26. The summed E-state index contributed by atoms with van der Waals surface area (Å²) in [6, 6.07) is 0. The van der Waals surface area contributed by atoms with Crippen LogP contribution in [-0.2, 0) is 20.6 Å². The summed E-state index contributed by atoms with van der Waals surface area (Å²) in [6.07, 6.45) is 0. The van der Waals surface area contributed by atoms with Gasteiger partial charge in [-0.25, -0.2) is 14.5 Å². The molecule has 8 heteroatoms. The van der Waals surface area contributed by atoms with E-state index in [1.54, 1.807) is 5.51 Å². The first-order valence-electron chi connectivity index (χ1n) is 4.85. The monoisotopic (exact) mass is 253 g/mol. The number of nitrogens with zero attached hydrogens (tertiary/aromatic N) is 4. The van der Waals surface area contributed by atoms with Crippen molar-refractivity contribution in [1.82, 2.24) is 19.3 Å². The smallest absolute Gasteiger partial charge is 0.346 e. The summed E-state index contributed by atoms with van der Waals surface area (Å²) in [6.45, 7) is 0.407. The lowest BCUT2D eigenvalue weighted by atomic mass is 10.5. The number of hydrogen-bond donors (Lipinski definition) is 1. The van der Waals surface area contributed by atoms with E-state index in [-0.39, 0.29) is 5.82 Å². The van der Waals surface area contributed by atoms with Gasteiger partial charge >= 0.3 is 5.69 Å². The molecule has 17 heavy (non-hydrogen) atoms. The molecule has 2 aromatic heterocycles. The van der Waals surface area contributed by atoms with Crippen LogP contribution >= 0.6 is 11.3 Å². The van der Waals surface area contributed by atoms with E-state index in [2.05, 4.69) is 15.4 Å². The lowest BCUT2D eigenvalue weighted by molar-refractivity contribution is 0.604. The van der Waals surface area contributed by atoms with Crippen molar-refractivity contribution >= 4 is 17.2 Å². The first-order valence-corrected chi connectivity index (χ1v) is 5.79. The highest BCUT2D eigenvalue weighted by Crippen LogP contribution is 2.02. The van der Waals surface area contributed by atoms with E-state index in [0.29, 0.717) is 6.54 Å². The Labute approximate surface area is 100 Å². The van der Waals surface area contributed by atoms with E-state index < -0.39 is 11.2 Å². The zero-order chi connectivity index (χ0) is 12.4. The summed E-state index contributed by atoms with van der Waals surface area (Å²) in [5, 5.41) is 8.61. The number of thiazole rings is 1. The van der Waals surface area contributed by atoms with Crippen molar-refractivity contribution in [3.63, 3.8) is 0 Å². The van der Waals surface area contributed by atoms with Gasteiger partial charge in [-0.05, 0) is 0 Å². The molecule has 0 atom stereocenters. The molecule has 0 saturated heterocycles. The molecule has 0 unspecified atom stereocenters. The van der Waals surface area contributed by atoms with Crippen molar-refractivity contribution in [1.29, 1.82) is 0 Å². The van der Waals surface area contributed by atoms with Gasteiger partial charge in [0.05, 0.1) is 17.7 Å². The number of hydrogen-bond acceptors (Lipinski definition) is 6. The zero-order valence-electron chi connectivity index (χ0n) is 9.38. The summed E-state index contributed by atoms with van der Waals surface area (Å²) in [5.41, 5.74) is 1.65. The molecule has 0 saturated carbocycles. The van der Waals surface area contributed by atoms with Crippen LogP contribution in [0.25, 0.3) is 0 Å². The molecular formula is C9H11N5O2S. The van der Waals surface area contributed by atoms with Crippen LogP contribution in [0.3, 0.4) is 0 Å². The molecule has 0 radical (unpaired) electrons. The number of aryl methyl sites for hydroxylation is 1. The van der Waals surface area contributed by atoms with Crippen molar-refractivity contribution in [2.45, 2.75) is 6.54 Å². The molecule has 0 fully saturated rings. The number of anilines is 1. The predicted octanol–water partition coefficient (Wildman–Crippen LogP) is -0.452. The van der Waals surface area contributed by atoms with E-state index in [4.69, 9.17) is 0 Å². The molecule has 0 bridgehead atoms. The third-order valence-electron chi connectivity index (χ3n) is 2.24. The maximum atomic E-state index is 11.7. The average molecular weight is 253 g/mol. The number of aromatic nitrogens is 4. The molecule has 2 aromatic rings. The highest BCUT2D eigenvalue weighted by Gasteiger charge is 2.08. The van der Waals surface area contributed by atoms with Crippen LogP contribution in [0.15, 0.2) is 20.5 Å². The summed E-state index contributed by atoms with van der Waals surface area (Å²) in [4.78, 5) is 27.2. The second kappa shape index (κ2) is 4.50. The fraction of sp³-hybridized carbons (Fsp3) is 0.333. The Kier molecular flexibility index (Phi) is 3.05. The minimum atomic E-state index is -0.450. The molecule has 7 nitrogen and oxygen atoms in total. The van der Waals surface area contributed by atoms with E-state index >= 15 is 0 Å². The van der Waals surface area contributed by atoms with Crippen molar-refractivity contribution in [2.24, 2.45) is 14.1 Å². The van der Waals surface area contributed by atoms with E-state index in [1.807, 2.05) is 5.38 Å². The Balaban J connectivity index is 2.28. The van der Waals surface area contributed by atoms with Crippen LogP contribution in [0.5, 0.6) is 0 Å². The summed E-state index contributed by atoms with van der Waals surface area (Å²) in [7, 11) is 2.91. The third-order valence-corrected chi connectivity index (χ3v) is 2.88. The molecule has 0 amide bonds. The first kappa shape index (κ1) is 11.5. The molecule has 0 aliphatic rings. The Bertz CT molecular complexity index is 628. The Morgan fingerprint density at radius 2 is 2.18 bits per heavy atom. The van der Waals surface area contributed by atoms with Crippen LogP contribution in [-0.4, -0.2) is 19.3 Å². The SMILES string of the molecule is Cn1nc(NCc2cscn2)c(=O)n(C)c1=O.